The highest BCUT2D eigenvalue weighted by Gasteiger charge is 2.14. The van der Waals surface area contributed by atoms with E-state index in [1.165, 1.54) is 17.4 Å². The van der Waals surface area contributed by atoms with Crippen LogP contribution in [0.15, 0.2) is 53.9 Å². The maximum atomic E-state index is 12.1. The summed E-state index contributed by atoms with van der Waals surface area (Å²) in [7, 11) is 0. The average molecular weight is 437 g/mol. The molecule has 0 amide bonds. The highest BCUT2D eigenvalue weighted by atomic mass is 127. The first kappa shape index (κ1) is 15.9. The lowest BCUT2D eigenvalue weighted by atomic mass is 10.2. The molecule has 6 heteroatoms. The normalized spacial score (nSPS) is 10.5. The van der Waals surface area contributed by atoms with Gasteiger partial charge in [0, 0.05) is 14.5 Å². The Morgan fingerprint density at radius 3 is 2.78 bits per heavy atom. The molecule has 0 fully saturated rings. The van der Waals surface area contributed by atoms with Crippen molar-refractivity contribution in [3.8, 4) is 16.3 Å². The van der Waals surface area contributed by atoms with Gasteiger partial charge in [-0.2, -0.15) is 0 Å². The first-order valence-electron chi connectivity index (χ1n) is 6.79. The lowest BCUT2D eigenvalue weighted by Gasteiger charge is -2.05. The summed E-state index contributed by atoms with van der Waals surface area (Å²) in [4.78, 5) is 16.5. The molecular formula is C17H12INO3S. The van der Waals surface area contributed by atoms with Crippen molar-refractivity contribution in [2.75, 3.05) is 0 Å². The third kappa shape index (κ3) is 3.89. The van der Waals surface area contributed by atoms with Gasteiger partial charge in [-0.05, 0) is 40.8 Å². The van der Waals surface area contributed by atoms with Crippen LogP contribution < -0.4 is 0 Å². The highest BCUT2D eigenvalue weighted by Crippen LogP contribution is 2.24. The molecular weight excluding hydrogens is 425 g/mol. The average Bonchev–Trinajstić information content (AvgIpc) is 3.05. The largest absolute Gasteiger partial charge is 0.507 e. The van der Waals surface area contributed by atoms with Crippen LogP contribution in [0.25, 0.3) is 10.6 Å². The zero-order valence-electron chi connectivity index (χ0n) is 11.9. The van der Waals surface area contributed by atoms with Crippen LogP contribution in [0.3, 0.4) is 0 Å². The van der Waals surface area contributed by atoms with Crippen LogP contribution >= 0.6 is 33.9 Å². The van der Waals surface area contributed by atoms with Gasteiger partial charge in [0.15, 0.2) is 0 Å². The first-order chi connectivity index (χ1) is 11.1. The Bertz CT molecular complexity index is 833. The van der Waals surface area contributed by atoms with Crippen molar-refractivity contribution < 1.29 is 14.6 Å². The number of aromatic nitrogens is 1. The summed E-state index contributed by atoms with van der Waals surface area (Å²) in [6, 6.07) is 14.6. The van der Waals surface area contributed by atoms with Crippen molar-refractivity contribution in [3.05, 3.63) is 68.7 Å². The fourth-order valence-corrected chi connectivity index (χ4v) is 3.28. The van der Waals surface area contributed by atoms with Crippen molar-refractivity contribution in [2.45, 2.75) is 6.61 Å². The zero-order valence-corrected chi connectivity index (χ0v) is 14.9. The SMILES string of the molecule is O=C(OCc1csc(-c2ccccc2)n1)c1cc(I)ccc1O. The Balaban J connectivity index is 1.68. The molecule has 0 spiro atoms. The number of aromatic hydroxyl groups is 1. The third-order valence-corrected chi connectivity index (χ3v) is 4.71. The molecule has 0 unspecified atom stereocenters. The lowest BCUT2D eigenvalue weighted by Crippen LogP contribution is -2.06. The molecule has 0 aliphatic heterocycles. The van der Waals surface area contributed by atoms with Gasteiger partial charge in [0.05, 0.1) is 5.69 Å². The Labute approximate surface area is 150 Å². The molecule has 4 nitrogen and oxygen atoms in total. The van der Waals surface area contributed by atoms with E-state index >= 15 is 0 Å². The van der Waals surface area contributed by atoms with E-state index in [2.05, 4.69) is 27.6 Å². The number of hydrogen-bond acceptors (Lipinski definition) is 5. The molecule has 2 aromatic carbocycles. The summed E-state index contributed by atoms with van der Waals surface area (Å²) < 4.78 is 6.10. The van der Waals surface area contributed by atoms with E-state index in [4.69, 9.17) is 4.74 Å². The second-order valence-corrected chi connectivity index (χ2v) is 6.85. The number of carbonyl (C=O) groups excluding carboxylic acids is 1. The maximum Gasteiger partial charge on any atom is 0.342 e. The fourth-order valence-electron chi connectivity index (χ4n) is 1.98. The minimum absolute atomic E-state index is 0.0765. The minimum atomic E-state index is -0.560. The minimum Gasteiger partial charge on any atom is -0.507 e. The standard InChI is InChI=1S/C17H12INO3S/c18-12-6-7-15(20)14(8-12)17(21)22-9-13-10-23-16(19-13)11-4-2-1-3-5-11/h1-8,10,20H,9H2. The van der Waals surface area contributed by atoms with Gasteiger partial charge in [-0.1, -0.05) is 30.3 Å². The number of hydrogen-bond donors (Lipinski definition) is 1. The van der Waals surface area contributed by atoms with Crippen molar-refractivity contribution >= 4 is 39.9 Å². The molecule has 0 atom stereocenters. The number of carbonyl (C=O) groups is 1. The molecule has 3 rings (SSSR count). The van der Waals surface area contributed by atoms with Crippen LogP contribution in [0.1, 0.15) is 16.1 Å². The Morgan fingerprint density at radius 1 is 1.22 bits per heavy atom. The van der Waals surface area contributed by atoms with Gasteiger partial charge in [0.1, 0.15) is 22.9 Å². The molecule has 0 saturated heterocycles. The van der Waals surface area contributed by atoms with Crippen molar-refractivity contribution in [3.63, 3.8) is 0 Å². The van der Waals surface area contributed by atoms with Gasteiger partial charge in [-0.25, -0.2) is 9.78 Å². The Morgan fingerprint density at radius 2 is 2.00 bits per heavy atom. The van der Waals surface area contributed by atoms with Crippen LogP contribution in [0, 0.1) is 3.57 Å². The van der Waals surface area contributed by atoms with E-state index in [1.807, 2.05) is 35.7 Å². The predicted molar refractivity (Wildman–Crippen MR) is 97.5 cm³/mol. The summed E-state index contributed by atoms with van der Waals surface area (Å²) in [5, 5.41) is 12.5. The zero-order chi connectivity index (χ0) is 16.2. The van der Waals surface area contributed by atoms with Crippen LogP contribution in [0.5, 0.6) is 5.75 Å². The number of nitrogens with zero attached hydrogens (tertiary/aromatic N) is 1. The van der Waals surface area contributed by atoms with Crippen LogP contribution in [0.4, 0.5) is 0 Å². The Hall–Kier alpha value is -1.93. The second-order valence-electron chi connectivity index (χ2n) is 4.75. The van der Waals surface area contributed by atoms with Gasteiger partial charge in [0.2, 0.25) is 0 Å². The van der Waals surface area contributed by atoms with Crippen molar-refractivity contribution in [1.29, 1.82) is 0 Å². The van der Waals surface area contributed by atoms with Crippen LogP contribution in [-0.2, 0) is 11.3 Å². The number of benzene rings is 2. The van der Waals surface area contributed by atoms with Gasteiger partial charge >= 0.3 is 5.97 Å². The summed E-state index contributed by atoms with van der Waals surface area (Å²) in [6.45, 7) is 0.0765. The number of rotatable bonds is 4. The Kier molecular flexibility index (Phi) is 4.92. The van der Waals surface area contributed by atoms with E-state index in [-0.39, 0.29) is 17.9 Å². The number of esters is 1. The summed E-state index contributed by atoms with van der Waals surface area (Å²) >= 11 is 3.58. The summed E-state index contributed by atoms with van der Waals surface area (Å²) in [5.74, 6) is -0.644. The molecule has 0 radical (unpaired) electrons. The number of thiazole rings is 1. The molecule has 1 aromatic heterocycles. The van der Waals surface area contributed by atoms with Gasteiger partial charge in [-0.15, -0.1) is 11.3 Å². The number of phenolic OH excluding ortho intramolecular Hbond substituents is 1. The fraction of sp³-hybridized carbons (Fsp3) is 0.0588. The van der Waals surface area contributed by atoms with Crippen molar-refractivity contribution in [1.82, 2.24) is 4.98 Å². The molecule has 0 aliphatic rings. The molecule has 1 heterocycles. The smallest absolute Gasteiger partial charge is 0.342 e. The third-order valence-electron chi connectivity index (χ3n) is 3.10. The van der Waals surface area contributed by atoms with E-state index in [1.54, 1.807) is 12.1 Å². The quantitative estimate of drug-likeness (QED) is 0.483. The van der Waals surface area contributed by atoms with Crippen LogP contribution in [0.2, 0.25) is 0 Å². The maximum absolute atomic E-state index is 12.1. The lowest BCUT2D eigenvalue weighted by molar-refractivity contribution is 0.0465. The molecule has 1 N–H and O–H groups in total. The predicted octanol–water partition coefficient (Wildman–Crippen LogP) is 4.48. The molecule has 3 aromatic rings. The molecule has 0 bridgehead atoms. The molecule has 0 aliphatic carbocycles. The van der Waals surface area contributed by atoms with Gasteiger partial charge < -0.3 is 9.84 Å². The second kappa shape index (κ2) is 7.10. The van der Waals surface area contributed by atoms with Crippen molar-refractivity contribution in [2.24, 2.45) is 0 Å². The first-order valence-corrected chi connectivity index (χ1v) is 8.75. The molecule has 116 valence electrons. The van der Waals surface area contributed by atoms with E-state index in [0.29, 0.717) is 5.69 Å². The van der Waals surface area contributed by atoms with E-state index in [0.717, 1.165) is 14.1 Å². The van der Waals surface area contributed by atoms with E-state index in [9.17, 15) is 9.90 Å². The van der Waals surface area contributed by atoms with Crippen LogP contribution in [-0.4, -0.2) is 16.1 Å². The van der Waals surface area contributed by atoms with E-state index < -0.39 is 5.97 Å². The molecule has 0 saturated carbocycles. The molecule has 23 heavy (non-hydrogen) atoms. The monoisotopic (exact) mass is 437 g/mol. The topological polar surface area (TPSA) is 59.4 Å². The highest BCUT2D eigenvalue weighted by molar-refractivity contribution is 14.1. The van der Waals surface area contributed by atoms with Gasteiger partial charge in [0.25, 0.3) is 0 Å². The summed E-state index contributed by atoms with van der Waals surface area (Å²) in [5.41, 5.74) is 1.88. The van der Waals surface area contributed by atoms with Gasteiger partial charge in [-0.3, -0.25) is 0 Å². The summed E-state index contributed by atoms with van der Waals surface area (Å²) in [6.07, 6.45) is 0. The number of ether oxygens (including phenoxy) is 1. The number of halogens is 1. The number of phenols is 1.